The van der Waals surface area contributed by atoms with Gasteiger partial charge in [0.05, 0.1) is 15.6 Å². The van der Waals surface area contributed by atoms with E-state index in [4.69, 9.17) is 10.6 Å². The van der Waals surface area contributed by atoms with Crippen molar-refractivity contribution >= 4 is 37.8 Å². The number of halogens is 2. The fourth-order valence-corrected chi connectivity index (χ4v) is 2.66. The Morgan fingerprint density at radius 1 is 1.22 bits per heavy atom. The lowest BCUT2D eigenvalue weighted by molar-refractivity contribution is -0.121. The van der Waals surface area contributed by atoms with Crippen molar-refractivity contribution in [1.29, 1.82) is 0 Å². The number of rotatable bonds is 7. The molecule has 0 spiro atoms. The summed E-state index contributed by atoms with van der Waals surface area (Å²) in [6.07, 6.45) is 3.14. The Kier molecular flexibility index (Phi) is 7.31. The van der Waals surface area contributed by atoms with Crippen LogP contribution in [0.2, 0.25) is 0 Å². The van der Waals surface area contributed by atoms with Crippen molar-refractivity contribution in [2.75, 3.05) is 6.61 Å². The maximum atomic E-state index is 10.9. The minimum absolute atomic E-state index is 0.121. The highest BCUT2D eigenvalue weighted by Crippen LogP contribution is 2.33. The number of hydrazine groups is 1. The molecule has 0 aliphatic rings. The minimum atomic E-state index is -0.121. The second kappa shape index (κ2) is 8.50. The average molecular weight is 380 g/mol. The summed E-state index contributed by atoms with van der Waals surface area (Å²) in [5.41, 5.74) is 2.11. The van der Waals surface area contributed by atoms with Gasteiger partial charge in [0.25, 0.3) is 0 Å². The maximum absolute atomic E-state index is 10.9. The van der Waals surface area contributed by atoms with E-state index in [1.807, 2.05) is 18.2 Å². The monoisotopic (exact) mass is 378 g/mol. The molecule has 0 radical (unpaired) electrons. The van der Waals surface area contributed by atoms with Gasteiger partial charge in [-0.15, -0.1) is 0 Å². The van der Waals surface area contributed by atoms with Crippen molar-refractivity contribution in [3.63, 3.8) is 0 Å². The number of ether oxygens (including phenoxy) is 1. The Balaban J connectivity index is 2.20. The fourth-order valence-electron chi connectivity index (χ4n) is 1.43. The second-order valence-corrected chi connectivity index (χ2v) is 5.49. The van der Waals surface area contributed by atoms with Crippen LogP contribution < -0.4 is 16.0 Å². The molecular formula is C12H16Br2N2O2. The summed E-state index contributed by atoms with van der Waals surface area (Å²) >= 11 is 6.87. The molecule has 3 N–H and O–H groups in total. The van der Waals surface area contributed by atoms with E-state index in [0.29, 0.717) is 13.0 Å². The van der Waals surface area contributed by atoms with Gasteiger partial charge in [0.1, 0.15) is 5.75 Å². The first kappa shape index (κ1) is 15.5. The van der Waals surface area contributed by atoms with Crippen LogP contribution in [0, 0.1) is 0 Å². The molecule has 0 aliphatic carbocycles. The molecule has 18 heavy (non-hydrogen) atoms. The summed E-state index contributed by atoms with van der Waals surface area (Å²) in [7, 11) is 0. The van der Waals surface area contributed by atoms with Gasteiger partial charge in [-0.3, -0.25) is 10.2 Å². The van der Waals surface area contributed by atoms with Crippen molar-refractivity contribution in [3.05, 3.63) is 27.1 Å². The molecule has 1 amide bonds. The highest BCUT2D eigenvalue weighted by atomic mass is 79.9. The third-order valence-corrected chi connectivity index (χ3v) is 3.62. The molecule has 0 saturated heterocycles. The summed E-state index contributed by atoms with van der Waals surface area (Å²) in [6.45, 7) is 0.630. The first-order valence-electron chi connectivity index (χ1n) is 5.71. The molecule has 0 aliphatic heterocycles. The van der Waals surface area contributed by atoms with Crippen LogP contribution in [0.25, 0.3) is 0 Å². The summed E-state index contributed by atoms with van der Waals surface area (Å²) < 4.78 is 7.54. The van der Waals surface area contributed by atoms with Crippen LogP contribution in [0.15, 0.2) is 27.1 Å². The van der Waals surface area contributed by atoms with Crippen LogP contribution in [0.3, 0.4) is 0 Å². The van der Waals surface area contributed by atoms with Crippen molar-refractivity contribution < 1.29 is 9.53 Å². The number of carbonyl (C=O) groups excluding carboxylic acids is 1. The smallest absolute Gasteiger partial charge is 0.233 e. The van der Waals surface area contributed by atoms with Crippen LogP contribution in [0.4, 0.5) is 0 Å². The molecule has 0 atom stereocenters. The number of amides is 1. The molecule has 0 unspecified atom stereocenters. The van der Waals surface area contributed by atoms with E-state index in [1.54, 1.807) is 0 Å². The third-order valence-electron chi connectivity index (χ3n) is 2.37. The molecule has 0 aromatic heterocycles. The second-order valence-electron chi connectivity index (χ2n) is 3.78. The van der Waals surface area contributed by atoms with Gasteiger partial charge in [0, 0.05) is 6.42 Å². The topological polar surface area (TPSA) is 64.3 Å². The van der Waals surface area contributed by atoms with Crippen LogP contribution in [0.1, 0.15) is 25.7 Å². The number of hydrogen-bond donors (Lipinski definition) is 2. The van der Waals surface area contributed by atoms with E-state index in [0.717, 1.165) is 34.0 Å². The average Bonchev–Trinajstić information content (AvgIpc) is 2.36. The van der Waals surface area contributed by atoms with E-state index < -0.39 is 0 Å². The van der Waals surface area contributed by atoms with Gasteiger partial charge in [-0.25, -0.2) is 5.84 Å². The summed E-state index contributed by atoms with van der Waals surface area (Å²) in [4.78, 5) is 10.9. The van der Waals surface area contributed by atoms with Crippen LogP contribution >= 0.6 is 31.9 Å². The van der Waals surface area contributed by atoms with E-state index in [1.165, 1.54) is 0 Å². The quantitative estimate of drug-likeness (QED) is 0.331. The van der Waals surface area contributed by atoms with Gasteiger partial charge < -0.3 is 4.74 Å². The first-order chi connectivity index (χ1) is 8.65. The standard InChI is InChI=1S/C12H16Br2N2O2/c13-9-5-4-6-10(14)12(9)18-8-3-1-2-7-11(17)16-15/h4-6H,1-3,7-8,15H2,(H,16,17). The largest absolute Gasteiger partial charge is 0.491 e. The normalized spacial score (nSPS) is 10.2. The molecule has 0 fully saturated rings. The molecule has 1 aromatic carbocycles. The summed E-state index contributed by atoms with van der Waals surface area (Å²) in [6, 6.07) is 5.81. The zero-order valence-electron chi connectivity index (χ0n) is 9.92. The zero-order valence-corrected chi connectivity index (χ0v) is 13.1. The summed E-state index contributed by atoms with van der Waals surface area (Å²) in [5, 5.41) is 0. The Hall–Kier alpha value is -0.590. The molecule has 0 bridgehead atoms. The van der Waals surface area contributed by atoms with E-state index >= 15 is 0 Å². The van der Waals surface area contributed by atoms with E-state index in [2.05, 4.69) is 37.3 Å². The Labute approximate surface area is 123 Å². The SMILES string of the molecule is NNC(=O)CCCCCOc1c(Br)cccc1Br. The van der Waals surface area contributed by atoms with Crippen molar-refractivity contribution in [3.8, 4) is 5.75 Å². The fraction of sp³-hybridized carbons (Fsp3) is 0.417. The van der Waals surface area contributed by atoms with Crippen LogP contribution in [0.5, 0.6) is 5.75 Å². The third kappa shape index (κ3) is 5.37. The van der Waals surface area contributed by atoms with Crippen LogP contribution in [-0.4, -0.2) is 12.5 Å². The van der Waals surface area contributed by atoms with Gasteiger partial charge in [-0.1, -0.05) is 6.07 Å². The number of carbonyl (C=O) groups is 1. The van der Waals surface area contributed by atoms with Crippen molar-refractivity contribution in [2.45, 2.75) is 25.7 Å². The van der Waals surface area contributed by atoms with Gasteiger partial charge >= 0.3 is 0 Å². The van der Waals surface area contributed by atoms with Crippen molar-refractivity contribution in [2.24, 2.45) is 5.84 Å². The number of nitrogens with one attached hydrogen (secondary N) is 1. The van der Waals surface area contributed by atoms with Gasteiger partial charge in [0.15, 0.2) is 0 Å². The first-order valence-corrected chi connectivity index (χ1v) is 7.30. The van der Waals surface area contributed by atoms with Gasteiger partial charge in [-0.05, 0) is 63.3 Å². The van der Waals surface area contributed by atoms with Crippen LogP contribution in [-0.2, 0) is 4.79 Å². The highest BCUT2D eigenvalue weighted by Gasteiger charge is 2.05. The highest BCUT2D eigenvalue weighted by molar-refractivity contribution is 9.11. The molecule has 100 valence electrons. The molecule has 4 nitrogen and oxygen atoms in total. The molecular weight excluding hydrogens is 364 g/mol. The molecule has 1 rings (SSSR count). The predicted molar refractivity (Wildman–Crippen MR) is 78.1 cm³/mol. The number of nitrogens with two attached hydrogens (primary N) is 1. The number of para-hydroxylation sites is 1. The molecule has 0 saturated carbocycles. The maximum Gasteiger partial charge on any atom is 0.233 e. The van der Waals surface area contributed by atoms with Gasteiger partial charge in [0.2, 0.25) is 5.91 Å². The Morgan fingerprint density at radius 3 is 2.50 bits per heavy atom. The zero-order chi connectivity index (χ0) is 13.4. The molecule has 6 heteroatoms. The summed E-state index contributed by atoms with van der Waals surface area (Å²) in [5.74, 6) is 5.68. The Bertz CT molecular complexity index is 379. The molecule has 0 heterocycles. The van der Waals surface area contributed by atoms with E-state index in [-0.39, 0.29) is 5.91 Å². The molecule has 1 aromatic rings. The predicted octanol–water partition coefficient (Wildman–Crippen LogP) is 3.14. The van der Waals surface area contributed by atoms with Gasteiger partial charge in [-0.2, -0.15) is 0 Å². The minimum Gasteiger partial charge on any atom is -0.491 e. The Morgan fingerprint density at radius 2 is 1.89 bits per heavy atom. The number of hydrogen-bond acceptors (Lipinski definition) is 3. The lowest BCUT2D eigenvalue weighted by atomic mass is 10.2. The number of unbranched alkanes of at least 4 members (excludes halogenated alkanes) is 2. The lowest BCUT2D eigenvalue weighted by Crippen LogP contribution is -2.29. The lowest BCUT2D eigenvalue weighted by Gasteiger charge is -2.09. The van der Waals surface area contributed by atoms with E-state index in [9.17, 15) is 4.79 Å². The van der Waals surface area contributed by atoms with Crippen molar-refractivity contribution in [1.82, 2.24) is 5.43 Å². The number of benzene rings is 1.